The Labute approximate surface area is 107 Å². The molecule has 2 aromatic heterocycles. The quantitative estimate of drug-likeness (QED) is 0.691. The number of hydrogen-bond donors (Lipinski definition) is 2. The van der Waals surface area contributed by atoms with Gasteiger partial charge in [-0.2, -0.15) is 10.1 Å². The van der Waals surface area contributed by atoms with E-state index in [9.17, 15) is 4.79 Å². The summed E-state index contributed by atoms with van der Waals surface area (Å²) < 4.78 is 1.46. The van der Waals surface area contributed by atoms with Crippen molar-refractivity contribution in [1.29, 1.82) is 0 Å². The number of rotatable bonds is 2. The normalized spacial score (nSPS) is 10.7. The summed E-state index contributed by atoms with van der Waals surface area (Å²) in [6, 6.07) is 7.41. The van der Waals surface area contributed by atoms with Gasteiger partial charge in [0.15, 0.2) is 5.82 Å². The van der Waals surface area contributed by atoms with Crippen LogP contribution in [0.15, 0.2) is 36.7 Å². The summed E-state index contributed by atoms with van der Waals surface area (Å²) in [5.41, 5.74) is 11.9. The summed E-state index contributed by atoms with van der Waals surface area (Å²) in [5.74, 6) is 0.109. The fourth-order valence-corrected chi connectivity index (χ4v) is 1.82. The highest BCUT2D eigenvalue weighted by atomic mass is 16.1. The number of nitrogens with two attached hydrogens (primary N) is 2. The van der Waals surface area contributed by atoms with Gasteiger partial charge in [-0.3, -0.25) is 4.79 Å². The molecule has 19 heavy (non-hydrogen) atoms. The van der Waals surface area contributed by atoms with Crippen LogP contribution in [-0.2, 0) is 0 Å². The van der Waals surface area contributed by atoms with Gasteiger partial charge in [-0.25, -0.2) is 9.67 Å². The SMILES string of the molecule is NC(=O)c1cnn(-c2nc(N)nc3ccccc23)c1. The lowest BCUT2D eigenvalue weighted by Gasteiger charge is -2.05. The summed E-state index contributed by atoms with van der Waals surface area (Å²) in [5, 5.41) is 4.86. The van der Waals surface area contributed by atoms with Crippen molar-refractivity contribution >= 4 is 22.8 Å². The molecule has 0 unspecified atom stereocenters. The maximum absolute atomic E-state index is 11.1. The maximum Gasteiger partial charge on any atom is 0.251 e. The molecule has 0 saturated heterocycles. The minimum absolute atomic E-state index is 0.143. The van der Waals surface area contributed by atoms with Crippen molar-refractivity contribution in [2.45, 2.75) is 0 Å². The number of carbonyl (C=O) groups excluding carboxylic acids is 1. The first-order valence-electron chi connectivity index (χ1n) is 5.52. The zero-order valence-electron chi connectivity index (χ0n) is 9.82. The van der Waals surface area contributed by atoms with E-state index in [4.69, 9.17) is 11.5 Å². The fourth-order valence-electron chi connectivity index (χ4n) is 1.82. The van der Waals surface area contributed by atoms with E-state index >= 15 is 0 Å². The Kier molecular flexibility index (Phi) is 2.38. The number of para-hydroxylation sites is 1. The van der Waals surface area contributed by atoms with E-state index in [1.807, 2.05) is 24.3 Å². The number of primary amides is 1. The third kappa shape index (κ3) is 1.86. The molecule has 1 amide bonds. The predicted octanol–water partition coefficient (Wildman–Crippen LogP) is 0.497. The van der Waals surface area contributed by atoms with Crippen molar-refractivity contribution in [2.24, 2.45) is 5.73 Å². The molecule has 0 radical (unpaired) electrons. The van der Waals surface area contributed by atoms with E-state index in [1.54, 1.807) is 0 Å². The zero-order chi connectivity index (χ0) is 13.4. The lowest BCUT2D eigenvalue weighted by atomic mass is 10.2. The summed E-state index contributed by atoms with van der Waals surface area (Å²) in [4.78, 5) is 19.4. The van der Waals surface area contributed by atoms with Crippen molar-refractivity contribution in [3.05, 3.63) is 42.2 Å². The van der Waals surface area contributed by atoms with E-state index < -0.39 is 5.91 Å². The molecule has 2 heterocycles. The monoisotopic (exact) mass is 254 g/mol. The summed E-state index contributed by atoms with van der Waals surface area (Å²) in [6.07, 6.45) is 2.89. The molecule has 94 valence electrons. The molecule has 3 rings (SSSR count). The summed E-state index contributed by atoms with van der Waals surface area (Å²) >= 11 is 0. The number of anilines is 1. The van der Waals surface area contributed by atoms with Crippen LogP contribution in [0.25, 0.3) is 16.7 Å². The van der Waals surface area contributed by atoms with E-state index in [2.05, 4.69) is 15.1 Å². The topological polar surface area (TPSA) is 113 Å². The van der Waals surface area contributed by atoms with Crippen LogP contribution in [0.4, 0.5) is 5.95 Å². The zero-order valence-corrected chi connectivity index (χ0v) is 9.82. The van der Waals surface area contributed by atoms with Crippen LogP contribution in [-0.4, -0.2) is 25.7 Å². The Morgan fingerprint density at radius 1 is 1.21 bits per heavy atom. The standard InChI is InChI=1S/C12H10N6O/c13-10(19)7-5-15-18(6-7)11-8-3-1-2-4-9(8)16-12(14)17-11/h1-6H,(H2,13,19)(H2,14,16,17). The smallest absolute Gasteiger partial charge is 0.251 e. The van der Waals surface area contributed by atoms with Crippen LogP contribution in [0.3, 0.4) is 0 Å². The first-order valence-corrected chi connectivity index (χ1v) is 5.52. The van der Waals surface area contributed by atoms with Gasteiger partial charge in [0.25, 0.3) is 5.91 Å². The molecule has 1 aromatic carbocycles. The van der Waals surface area contributed by atoms with Gasteiger partial charge in [0.2, 0.25) is 5.95 Å². The molecule has 7 heteroatoms. The molecular formula is C12H10N6O. The van der Waals surface area contributed by atoms with Crippen molar-refractivity contribution in [1.82, 2.24) is 19.7 Å². The molecule has 0 saturated carbocycles. The number of aromatic nitrogens is 4. The number of hydrogen-bond acceptors (Lipinski definition) is 5. The lowest BCUT2D eigenvalue weighted by Crippen LogP contribution is -2.09. The number of nitrogens with zero attached hydrogens (tertiary/aromatic N) is 4. The molecule has 7 nitrogen and oxygen atoms in total. The van der Waals surface area contributed by atoms with Crippen LogP contribution in [0, 0.1) is 0 Å². The largest absolute Gasteiger partial charge is 0.368 e. The Morgan fingerprint density at radius 3 is 2.74 bits per heavy atom. The maximum atomic E-state index is 11.1. The van der Waals surface area contributed by atoms with Gasteiger partial charge in [0.1, 0.15) is 0 Å². The molecule has 4 N–H and O–H groups in total. The van der Waals surface area contributed by atoms with Gasteiger partial charge < -0.3 is 11.5 Å². The molecule has 3 aromatic rings. The fraction of sp³-hybridized carbons (Fsp3) is 0. The first kappa shape index (κ1) is 11.1. The number of amides is 1. The van der Waals surface area contributed by atoms with Crippen LogP contribution < -0.4 is 11.5 Å². The second kappa shape index (κ2) is 4.05. The van der Waals surface area contributed by atoms with Gasteiger partial charge >= 0.3 is 0 Å². The minimum Gasteiger partial charge on any atom is -0.368 e. The molecule has 0 spiro atoms. The van der Waals surface area contributed by atoms with Crippen molar-refractivity contribution in [2.75, 3.05) is 5.73 Å². The van der Waals surface area contributed by atoms with E-state index in [-0.39, 0.29) is 5.95 Å². The van der Waals surface area contributed by atoms with Gasteiger partial charge in [-0.15, -0.1) is 0 Å². The molecule has 0 fully saturated rings. The van der Waals surface area contributed by atoms with Gasteiger partial charge in [-0.1, -0.05) is 12.1 Å². The van der Waals surface area contributed by atoms with Crippen molar-refractivity contribution < 1.29 is 4.79 Å². The average molecular weight is 254 g/mol. The van der Waals surface area contributed by atoms with Crippen LogP contribution >= 0.6 is 0 Å². The molecule has 0 aliphatic rings. The van der Waals surface area contributed by atoms with Crippen molar-refractivity contribution in [3.63, 3.8) is 0 Å². The third-order valence-corrected chi connectivity index (χ3v) is 2.68. The van der Waals surface area contributed by atoms with Crippen molar-refractivity contribution in [3.8, 4) is 5.82 Å². The predicted molar refractivity (Wildman–Crippen MR) is 69.6 cm³/mol. The van der Waals surface area contributed by atoms with Crippen LogP contribution in [0.2, 0.25) is 0 Å². The van der Waals surface area contributed by atoms with Gasteiger partial charge in [0.05, 0.1) is 17.3 Å². The number of benzene rings is 1. The highest BCUT2D eigenvalue weighted by Crippen LogP contribution is 2.19. The highest BCUT2D eigenvalue weighted by Gasteiger charge is 2.11. The molecule has 0 aliphatic carbocycles. The van der Waals surface area contributed by atoms with Crippen LogP contribution in [0.1, 0.15) is 10.4 Å². The first-order chi connectivity index (χ1) is 9.15. The molecule has 0 bridgehead atoms. The van der Waals surface area contributed by atoms with E-state index in [0.29, 0.717) is 16.9 Å². The number of nitrogen functional groups attached to an aromatic ring is 1. The van der Waals surface area contributed by atoms with Crippen LogP contribution in [0.5, 0.6) is 0 Å². The Hall–Kier alpha value is -2.96. The summed E-state index contributed by atoms with van der Waals surface area (Å²) in [7, 11) is 0. The van der Waals surface area contributed by atoms with Gasteiger partial charge in [0, 0.05) is 11.6 Å². The molecular weight excluding hydrogens is 244 g/mol. The lowest BCUT2D eigenvalue weighted by molar-refractivity contribution is 0.100. The molecule has 0 atom stereocenters. The molecule has 0 aliphatic heterocycles. The highest BCUT2D eigenvalue weighted by molar-refractivity contribution is 5.92. The van der Waals surface area contributed by atoms with E-state index in [0.717, 1.165) is 5.39 Å². The van der Waals surface area contributed by atoms with E-state index in [1.165, 1.54) is 17.1 Å². The number of carbonyl (C=O) groups is 1. The third-order valence-electron chi connectivity index (χ3n) is 2.68. The average Bonchev–Trinajstić information content (AvgIpc) is 2.87. The minimum atomic E-state index is -0.544. The van der Waals surface area contributed by atoms with Gasteiger partial charge in [-0.05, 0) is 12.1 Å². The Morgan fingerprint density at radius 2 is 2.00 bits per heavy atom. The Balaban J connectivity index is 2.26. The second-order valence-corrected chi connectivity index (χ2v) is 3.96. The number of fused-ring (bicyclic) bond motifs is 1. The Bertz CT molecular complexity index is 779. The summed E-state index contributed by atoms with van der Waals surface area (Å²) in [6.45, 7) is 0. The second-order valence-electron chi connectivity index (χ2n) is 3.96.